The molecule has 1 fully saturated rings. The Labute approximate surface area is 108 Å². The quantitative estimate of drug-likeness (QED) is 0.756. The maximum atomic E-state index is 13.8. The van der Waals surface area contributed by atoms with Gasteiger partial charge in [0.1, 0.15) is 5.82 Å². The maximum Gasteiger partial charge on any atom is 0.146 e. The molecule has 18 heavy (non-hydrogen) atoms. The molecule has 0 amide bonds. The summed E-state index contributed by atoms with van der Waals surface area (Å²) >= 11 is 0. The van der Waals surface area contributed by atoms with Gasteiger partial charge in [0.15, 0.2) is 0 Å². The number of halogens is 1. The highest BCUT2D eigenvalue weighted by Crippen LogP contribution is 2.28. The molecule has 2 N–H and O–H groups in total. The lowest BCUT2D eigenvalue weighted by Gasteiger charge is -2.20. The van der Waals surface area contributed by atoms with Gasteiger partial charge in [-0.2, -0.15) is 0 Å². The number of nitrogens with two attached hydrogens (primary N) is 1. The molecule has 1 saturated carbocycles. The molecule has 0 saturated heterocycles. The number of likely N-dealkylation sites (N-methyl/N-ethyl adjacent to an activating group) is 1. The summed E-state index contributed by atoms with van der Waals surface area (Å²) in [5.74, 6) is 0.554. The van der Waals surface area contributed by atoms with Gasteiger partial charge in [0, 0.05) is 26.7 Å². The van der Waals surface area contributed by atoms with Gasteiger partial charge in [-0.15, -0.1) is 0 Å². The number of rotatable bonds is 7. The Balaban J connectivity index is 1.81. The van der Waals surface area contributed by atoms with Gasteiger partial charge >= 0.3 is 0 Å². The molecule has 0 radical (unpaired) electrons. The second-order valence-corrected chi connectivity index (χ2v) is 4.93. The molecule has 0 bridgehead atoms. The van der Waals surface area contributed by atoms with Crippen molar-refractivity contribution < 1.29 is 9.13 Å². The monoisotopic (exact) mass is 252 g/mol. The lowest BCUT2D eigenvalue weighted by molar-refractivity contribution is 0.131. The molecule has 0 aromatic heterocycles. The fourth-order valence-corrected chi connectivity index (χ4v) is 1.84. The van der Waals surface area contributed by atoms with Crippen LogP contribution in [-0.4, -0.2) is 26.8 Å². The normalized spacial score (nSPS) is 14.8. The second kappa shape index (κ2) is 6.16. The SMILES string of the molecule is CN(CCOCC1CC1)c1ccc(CN)cc1F. The fraction of sp³-hybridized carbons (Fsp3) is 0.571. The summed E-state index contributed by atoms with van der Waals surface area (Å²) < 4.78 is 19.3. The largest absolute Gasteiger partial charge is 0.379 e. The van der Waals surface area contributed by atoms with Crippen molar-refractivity contribution in [1.29, 1.82) is 0 Å². The lowest BCUT2D eigenvalue weighted by Crippen LogP contribution is -2.24. The molecule has 0 atom stereocenters. The highest BCUT2D eigenvalue weighted by Gasteiger charge is 2.21. The molecule has 1 aromatic carbocycles. The molecule has 0 heterocycles. The third-order valence-electron chi connectivity index (χ3n) is 3.28. The molecular formula is C14H21FN2O. The topological polar surface area (TPSA) is 38.5 Å². The molecule has 0 spiro atoms. The number of benzene rings is 1. The van der Waals surface area contributed by atoms with E-state index < -0.39 is 0 Å². The van der Waals surface area contributed by atoms with Gasteiger partial charge in [-0.3, -0.25) is 0 Å². The standard InChI is InChI=1S/C14H21FN2O/c1-17(6-7-18-10-11-2-3-11)14-5-4-12(9-16)8-13(14)15/h4-5,8,11H,2-3,6-7,9-10,16H2,1H3. The van der Waals surface area contributed by atoms with Crippen LogP contribution in [0.3, 0.4) is 0 Å². The van der Waals surface area contributed by atoms with Crippen molar-refractivity contribution in [3.05, 3.63) is 29.6 Å². The summed E-state index contributed by atoms with van der Waals surface area (Å²) in [6.07, 6.45) is 2.59. The van der Waals surface area contributed by atoms with Crippen molar-refractivity contribution in [1.82, 2.24) is 0 Å². The van der Waals surface area contributed by atoms with E-state index in [9.17, 15) is 4.39 Å². The average molecular weight is 252 g/mol. The molecule has 3 nitrogen and oxygen atoms in total. The Morgan fingerprint density at radius 3 is 2.83 bits per heavy atom. The summed E-state index contributed by atoms with van der Waals surface area (Å²) in [6, 6.07) is 5.13. The zero-order chi connectivity index (χ0) is 13.0. The van der Waals surface area contributed by atoms with E-state index >= 15 is 0 Å². The van der Waals surface area contributed by atoms with Gasteiger partial charge in [0.25, 0.3) is 0 Å². The average Bonchev–Trinajstić information content (AvgIpc) is 3.18. The van der Waals surface area contributed by atoms with Crippen LogP contribution in [-0.2, 0) is 11.3 Å². The highest BCUT2D eigenvalue weighted by atomic mass is 19.1. The molecule has 100 valence electrons. The van der Waals surface area contributed by atoms with Crippen LogP contribution in [0.5, 0.6) is 0 Å². The van der Waals surface area contributed by atoms with Gasteiger partial charge in [-0.1, -0.05) is 6.07 Å². The first-order chi connectivity index (χ1) is 8.70. The van der Waals surface area contributed by atoms with E-state index in [1.807, 2.05) is 18.0 Å². The van der Waals surface area contributed by atoms with Crippen LogP contribution in [0.4, 0.5) is 10.1 Å². The van der Waals surface area contributed by atoms with Crippen molar-refractivity contribution in [2.75, 3.05) is 31.7 Å². The van der Waals surface area contributed by atoms with E-state index in [2.05, 4.69) is 0 Å². The molecule has 2 rings (SSSR count). The van der Waals surface area contributed by atoms with Crippen molar-refractivity contribution in [2.45, 2.75) is 19.4 Å². The van der Waals surface area contributed by atoms with Gasteiger partial charge < -0.3 is 15.4 Å². The van der Waals surface area contributed by atoms with Crippen LogP contribution in [0.2, 0.25) is 0 Å². The van der Waals surface area contributed by atoms with Gasteiger partial charge in [-0.05, 0) is 36.5 Å². The summed E-state index contributed by atoms with van der Waals surface area (Å²) in [5.41, 5.74) is 6.89. The molecular weight excluding hydrogens is 231 g/mol. The van der Waals surface area contributed by atoms with Gasteiger partial charge in [0.2, 0.25) is 0 Å². The number of hydrogen-bond donors (Lipinski definition) is 1. The third-order valence-corrected chi connectivity index (χ3v) is 3.28. The van der Waals surface area contributed by atoms with E-state index in [1.165, 1.54) is 18.9 Å². The maximum absolute atomic E-state index is 13.8. The fourth-order valence-electron chi connectivity index (χ4n) is 1.84. The Hall–Kier alpha value is -1.13. The Morgan fingerprint density at radius 2 is 2.22 bits per heavy atom. The molecule has 4 heteroatoms. The number of nitrogens with zero attached hydrogens (tertiary/aromatic N) is 1. The van der Waals surface area contributed by atoms with Crippen LogP contribution in [0.25, 0.3) is 0 Å². The van der Waals surface area contributed by atoms with Crippen molar-refractivity contribution in [3.8, 4) is 0 Å². The van der Waals surface area contributed by atoms with E-state index in [0.29, 0.717) is 25.4 Å². The minimum atomic E-state index is -0.220. The van der Waals surface area contributed by atoms with E-state index in [0.717, 1.165) is 18.1 Å². The summed E-state index contributed by atoms with van der Waals surface area (Å²) in [4.78, 5) is 1.88. The minimum absolute atomic E-state index is 0.220. The van der Waals surface area contributed by atoms with E-state index in [-0.39, 0.29) is 5.82 Å². The smallest absolute Gasteiger partial charge is 0.146 e. The predicted octanol–water partition coefficient (Wildman–Crippen LogP) is 2.15. The lowest BCUT2D eigenvalue weighted by atomic mass is 10.2. The van der Waals surface area contributed by atoms with E-state index in [4.69, 9.17) is 10.5 Å². The van der Waals surface area contributed by atoms with Crippen LogP contribution >= 0.6 is 0 Å². The molecule has 1 aliphatic rings. The Kier molecular flexibility index (Phi) is 4.55. The van der Waals surface area contributed by atoms with Crippen molar-refractivity contribution in [2.24, 2.45) is 11.7 Å². The Morgan fingerprint density at radius 1 is 1.44 bits per heavy atom. The zero-order valence-electron chi connectivity index (χ0n) is 10.9. The number of hydrogen-bond acceptors (Lipinski definition) is 3. The van der Waals surface area contributed by atoms with Crippen LogP contribution in [0.15, 0.2) is 18.2 Å². The zero-order valence-corrected chi connectivity index (χ0v) is 10.9. The van der Waals surface area contributed by atoms with E-state index in [1.54, 1.807) is 6.07 Å². The minimum Gasteiger partial charge on any atom is -0.379 e. The first-order valence-electron chi connectivity index (χ1n) is 6.48. The molecule has 1 aliphatic carbocycles. The van der Waals surface area contributed by atoms with Crippen LogP contribution < -0.4 is 10.6 Å². The highest BCUT2D eigenvalue weighted by molar-refractivity contribution is 5.48. The van der Waals surface area contributed by atoms with Crippen molar-refractivity contribution in [3.63, 3.8) is 0 Å². The first-order valence-corrected chi connectivity index (χ1v) is 6.48. The Bertz CT molecular complexity index is 393. The first kappa shape index (κ1) is 13.3. The number of anilines is 1. The summed E-state index contributed by atoms with van der Waals surface area (Å²) in [5, 5.41) is 0. The van der Waals surface area contributed by atoms with Crippen LogP contribution in [0.1, 0.15) is 18.4 Å². The van der Waals surface area contributed by atoms with Gasteiger partial charge in [-0.25, -0.2) is 4.39 Å². The predicted molar refractivity (Wildman–Crippen MR) is 71.1 cm³/mol. The van der Waals surface area contributed by atoms with Crippen LogP contribution in [0, 0.1) is 11.7 Å². The number of ether oxygens (including phenoxy) is 1. The third kappa shape index (κ3) is 3.68. The molecule has 0 unspecified atom stereocenters. The second-order valence-electron chi connectivity index (χ2n) is 4.93. The van der Waals surface area contributed by atoms with Crippen molar-refractivity contribution >= 4 is 5.69 Å². The molecule has 1 aromatic rings. The molecule has 0 aliphatic heterocycles. The van der Waals surface area contributed by atoms with Gasteiger partial charge in [0.05, 0.1) is 12.3 Å². The summed E-state index contributed by atoms with van der Waals surface area (Å²) in [6.45, 7) is 2.56. The summed E-state index contributed by atoms with van der Waals surface area (Å²) in [7, 11) is 1.88.